The second-order valence-electron chi connectivity index (χ2n) is 2.55. The molecule has 0 aliphatic heterocycles. The van der Waals surface area contributed by atoms with E-state index in [2.05, 4.69) is 0 Å². The van der Waals surface area contributed by atoms with Crippen LogP contribution in [0, 0.1) is 10.4 Å². The van der Waals surface area contributed by atoms with Crippen molar-refractivity contribution in [3.63, 3.8) is 0 Å². The molecule has 0 radical (unpaired) electrons. The van der Waals surface area contributed by atoms with Crippen LogP contribution in [0.25, 0.3) is 0 Å². The second-order valence-corrected chi connectivity index (χ2v) is 2.55. The van der Waals surface area contributed by atoms with Crippen LogP contribution >= 0.6 is 0 Å². The van der Waals surface area contributed by atoms with Crippen LogP contribution < -0.4 is 11.0 Å². The molecule has 2 N–H and O–H groups in total. The molecule has 0 bridgehead atoms. The Morgan fingerprint density at radius 1 is 0.818 bits per heavy atom. The van der Waals surface area contributed by atoms with E-state index in [1.54, 1.807) is 38.7 Å². The van der Waals surface area contributed by atoms with Gasteiger partial charge in [-0.05, 0) is 12.1 Å². The molecular weight excluding hydrogens is 327 g/mol. The number of nitrogens with one attached hydrogen (secondary N) is 2. The third-order valence-corrected chi connectivity index (χ3v) is 0.471. The van der Waals surface area contributed by atoms with Crippen LogP contribution in [0.1, 0.15) is 27.7 Å². The van der Waals surface area contributed by atoms with Gasteiger partial charge < -0.3 is 21.4 Å². The Balaban J connectivity index is -0.000000107. The van der Waals surface area contributed by atoms with E-state index in [9.17, 15) is 10.4 Å². The van der Waals surface area contributed by atoms with E-state index in [1.807, 2.05) is 0 Å². The number of hydrogen-bond donors (Lipinski definition) is 2. The zero-order chi connectivity index (χ0) is 8.57. The van der Waals surface area contributed by atoms with E-state index in [-0.39, 0.29) is 33.1 Å². The van der Waals surface area contributed by atoms with Crippen LogP contribution in [0.5, 0.6) is 0 Å². The average molecular weight is 343 g/mol. The Labute approximate surface area is 82.6 Å². The van der Waals surface area contributed by atoms with Gasteiger partial charge in [0.25, 0.3) is 0 Å². The first-order chi connectivity index (χ1) is 4.54. The average Bonchev–Trinajstić information content (AvgIpc) is 1.89. The molecule has 0 unspecified atom stereocenters. The monoisotopic (exact) mass is 343 g/mol. The van der Waals surface area contributed by atoms with Gasteiger partial charge in [-0.3, -0.25) is 0 Å². The van der Waals surface area contributed by atoms with E-state index in [0.717, 1.165) is 0 Å². The molecule has 0 saturated heterocycles. The maximum atomic E-state index is 9.38. The maximum Gasteiger partial charge on any atom is 2.00 e. The standard InChI is InChI=1S/2C3H8NO.Pt/c2*1-3(2)4-5;/h2*3-4H,1-2H3;/q2*-1;+2. The molecule has 72 valence electrons. The summed E-state index contributed by atoms with van der Waals surface area (Å²) >= 11 is 0. The van der Waals surface area contributed by atoms with Crippen molar-refractivity contribution in [2.45, 2.75) is 39.8 Å². The van der Waals surface area contributed by atoms with Gasteiger partial charge in [0.15, 0.2) is 0 Å². The summed E-state index contributed by atoms with van der Waals surface area (Å²) < 4.78 is 0. The van der Waals surface area contributed by atoms with Crippen LogP contribution in [0.4, 0.5) is 0 Å². The fourth-order valence-electron chi connectivity index (χ4n) is 0. The molecule has 0 atom stereocenters. The minimum atomic E-state index is 0. The molecule has 0 aliphatic carbocycles. The van der Waals surface area contributed by atoms with Crippen molar-refractivity contribution in [1.82, 2.24) is 11.0 Å². The quantitative estimate of drug-likeness (QED) is 0.733. The second kappa shape index (κ2) is 13.1. The van der Waals surface area contributed by atoms with Crippen LogP contribution in [0.2, 0.25) is 0 Å². The predicted molar refractivity (Wildman–Crippen MR) is 43.3 cm³/mol. The molecule has 0 aromatic heterocycles. The zero-order valence-electron chi connectivity index (χ0n) is 7.29. The molecule has 5 heteroatoms. The van der Waals surface area contributed by atoms with Crippen molar-refractivity contribution in [3.05, 3.63) is 10.4 Å². The van der Waals surface area contributed by atoms with Gasteiger partial charge in [0.05, 0.1) is 0 Å². The molecule has 0 aliphatic rings. The zero-order valence-corrected chi connectivity index (χ0v) is 9.56. The summed E-state index contributed by atoms with van der Waals surface area (Å²) in [7, 11) is 0. The summed E-state index contributed by atoms with van der Waals surface area (Å²) in [4.78, 5) is 0. The summed E-state index contributed by atoms with van der Waals surface area (Å²) in [5, 5.41) is 18.8. The molecule has 4 nitrogen and oxygen atoms in total. The molecule has 0 heterocycles. The molecule has 0 aromatic rings. The number of hydrogen-bond acceptors (Lipinski definition) is 4. The van der Waals surface area contributed by atoms with E-state index < -0.39 is 0 Å². The van der Waals surface area contributed by atoms with E-state index >= 15 is 0 Å². The van der Waals surface area contributed by atoms with Crippen molar-refractivity contribution >= 4 is 0 Å². The van der Waals surface area contributed by atoms with Gasteiger partial charge in [0.2, 0.25) is 0 Å². The SMILES string of the molecule is CC(C)N[O-].CC(C)N[O-].[Pt+2]. The predicted octanol–water partition coefficient (Wildman–Crippen LogP) is 0.962. The van der Waals surface area contributed by atoms with Gasteiger partial charge in [-0.1, -0.05) is 27.7 Å². The molecule has 0 fully saturated rings. The first-order valence-corrected chi connectivity index (χ1v) is 3.29. The summed E-state index contributed by atoms with van der Waals surface area (Å²) in [5.41, 5.74) is 3.56. The van der Waals surface area contributed by atoms with Gasteiger partial charge >= 0.3 is 21.1 Å². The van der Waals surface area contributed by atoms with Crippen LogP contribution in [-0.2, 0) is 21.1 Å². The van der Waals surface area contributed by atoms with Crippen LogP contribution in [-0.4, -0.2) is 12.1 Å². The topological polar surface area (TPSA) is 70.2 Å². The van der Waals surface area contributed by atoms with Crippen molar-refractivity contribution in [2.75, 3.05) is 0 Å². The van der Waals surface area contributed by atoms with Gasteiger partial charge in [-0.25, -0.2) is 0 Å². The summed E-state index contributed by atoms with van der Waals surface area (Å²) in [6, 6.07) is 0.157. The Morgan fingerprint density at radius 2 is 0.909 bits per heavy atom. The molecule has 0 spiro atoms. The number of rotatable bonds is 2. The molecule has 11 heavy (non-hydrogen) atoms. The fraction of sp³-hybridized carbons (Fsp3) is 1.00. The molecular formula is C6H16N2O2Pt. The van der Waals surface area contributed by atoms with Crippen LogP contribution in [0.15, 0.2) is 0 Å². The van der Waals surface area contributed by atoms with E-state index in [1.165, 1.54) is 0 Å². The maximum absolute atomic E-state index is 9.38. The summed E-state index contributed by atoms with van der Waals surface area (Å²) in [6.45, 7) is 7.19. The Morgan fingerprint density at radius 3 is 0.909 bits per heavy atom. The number of hydroxylamine groups is 2. The Bertz CT molecular complexity index is 54.5. The summed E-state index contributed by atoms with van der Waals surface area (Å²) in [5.74, 6) is 0. The largest absolute Gasteiger partial charge is 2.00 e. The van der Waals surface area contributed by atoms with Crippen molar-refractivity contribution < 1.29 is 21.1 Å². The minimum absolute atomic E-state index is 0. The van der Waals surface area contributed by atoms with Crippen molar-refractivity contribution in [3.8, 4) is 0 Å². The first-order valence-electron chi connectivity index (χ1n) is 3.29. The van der Waals surface area contributed by atoms with Gasteiger partial charge in [0.1, 0.15) is 0 Å². The summed E-state index contributed by atoms with van der Waals surface area (Å²) in [6.07, 6.45) is 0. The third-order valence-electron chi connectivity index (χ3n) is 0.471. The fourth-order valence-corrected chi connectivity index (χ4v) is 0. The van der Waals surface area contributed by atoms with E-state index in [4.69, 9.17) is 0 Å². The smallest absolute Gasteiger partial charge is 0.788 e. The van der Waals surface area contributed by atoms with E-state index in [0.29, 0.717) is 0 Å². The Kier molecular flexibility index (Phi) is 21.0. The molecule has 0 amide bonds. The molecule has 0 rings (SSSR count). The van der Waals surface area contributed by atoms with Crippen LogP contribution in [0.3, 0.4) is 0 Å². The van der Waals surface area contributed by atoms with Gasteiger partial charge in [-0.2, -0.15) is 0 Å². The third kappa shape index (κ3) is 37.3. The molecule has 0 saturated carbocycles. The Hall–Kier alpha value is 0.528. The van der Waals surface area contributed by atoms with Gasteiger partial charge in [0, 0.05) is 0 Å². The normalized spacial score (nSPS) is 8.73. The first kappa shape index (κ1) is 17.6. The van der Waals surface area contributed by atoms with Crippen molar-refractivity contribution in [1.29, 1.82) is 0 Å². The molecule has 0 aromatic carbocycles. The van der Waals surface area contributed by atoms with Crippen molar-refractivity contribution in [2.24, 2.45) is 0 Å². The minimum Gasteiger partial charge on any atom is -0.788 e. The van der Waals surface area contributed by atoms with Gasteiger partial charge in [-0.15, -0.1) is 0 Å².